The molecule has 0 bridgehead atoms. The van der Waals surface area contributed by atoms with E-state index in [9.17, 15) is 0 Å². The van der Waals surface area contributed by atoms with Crippen molar-refractivity contribution < 1.29 is 9.47 Å². The fraction of sp³-hybridized carbons (Fsp3) is 0.462. The molecule has 0 aromatic heterocycles. The van der Waals surface area contributed by atoms with Crippen molar-refractivity contribution in [3.05, 3.63) is 23.2 Å². The number of guanidine groups is 1. The number of benzene rings is 1. The summed E-state index contributed by atoms with van der Waals surface area (Å²) in [5.41, 5.74) is 6.61. The smallest absolute Gasteiger partial charge is 0.193 e. The van der Waals surface area contributed by atoms with Gasteiger partial charge < -0.3 is 20.5 Å². The summed E-state index contributed by atoms with van der Waals surface area (Å²) in [4.78, 5) is 4.30. The lowest BCUT2D eigenvalue weighted by Crippen LogP contribution is -2.24. The zero-order valence-electron chi connectivity index (χ0n) is 10.9. The molecule has 1 aliphatic rings. The maximum Gasteiger partial charge on any atom is 0.193 e. The number of ether oxygens (including phenoxy) is 2. The number of hydrogen-bond donors (Lipinski definition) is 2. The van der Waals surface area contributed by atoms with Gasteiger partial charge in [-0.15, -0.1) is 0 Å². The van der Waals surface area contributed by atoms with Crippen LogP contribution in [0.1, 0.15) is 6.42 Å². The molecule has 0 aliphatic carbocycles. The number of aliphatic imine (C=N–C) groups is 1. The molecule has 5 nitrogen and oxygen atoms in total. The third-order valence-electron chi connectivity index (χ3n) is 2.97. The van der Waals surface area contributed by atoms with Crippen LogP contribution in [0.3, 0.4) is 0 Å². The van der Waals surface area contributed by atoms with Gasteiger partial charge >= 0.3 is 0 Å². The van der Waals surface area contributed by atoms with Crippen molar-refractivity contribution in [3.8, 4) is 5.75 Å². The second kappa shape index (κ2) is 6.63. The topological polar surface area (TPSA) is 68.9 Å². The average molecular weight is 284 g/mol. The molecule has 1 aromatic carbocycles. The van der Waals surface area contributed by atoms with Crippen LogP contribution in [0.25, 0.3) is 0 Å². The number of methoxy groups -OCH3 is 1. The average Bonchev–Trinajstić information content (AvgIpc) is 2.90. The maximum atomic E-state index is 6.03. The highest BCUT2D eigenvalue weighted by molar-refractivity contribution is 6.32. The van der Waals surface area contributed by atoms with Gasteiger partial charge in [-0.1, -0.05) is 11.6 Å². The Morgan fingerprint density at radius 1 is 1.63 bits per heavy atom. The van der Waals surface area contributed by atoms with Crippen molar-refractivity contribution in [1.82, 2.24) is 0 Å². The molecule has 1 saturated heterocycles. The molecule has 0 spiro atoms. The van der Waals surface area contributed by atoms with Crippen molar-refractivity contribution in [2.75, 3.05) is 32.2 Å². The molecule has 0 saturated carbocycles. The number of halogens is 1. The van der Waals surface area contributed by atoms with Gasteiger partial charge in [0.1, 0.15) is 5.75 Å². The van der Waals surface area contributed by atoms with Crippen LogP contribution in [0.5, 0.6) is 5.75 Å². The van der Waals surface area contributed by atoms with E-state index in [1.54, 1.807) is 19.2 Å². The molecule has 104 valence electrons. The zero-order valence-corrected chi connectivity index (χ0v) is 11.6. The van der Waals surface area contributed by atoms with Crippen molar-refractivity contribution >= 4 is 23.2 Å². The van der Waals surface area contributed by atoms with E-state index >= 15 is 0 Å². The Labute approximate surface area is 117 Å². The molecule has 19 heavy (non-hydrogen) atoms. The van der Waals surface area contributed by atoms with E-state index in [2.05, 4.69) is 10.3 Å². The summed E-state index contributed by atoms with van der Waals surface area (Å²) in [6.45, 7) is 2.27. The minimum Gasteiger partial charge on any atom is -0.495 e. The first kappa shape index (κ1) is 14.0. The zero-order chi connectivity index (χ0) is 13.7. The molecule has 2 rings (SSSR count). The number of nitrogens with two attached hydrogens (primary N) is 1. The molecule has 1 unspecified atom stereocenters. The normalized spacial score (nSPS) is 19.5. The first-order chi connectivity index (χ1) is 9.19. The number of hydrogen-bond acceptors (Lipinski definition) is 3. The highest BCUT2D eigenvalue weighted by atomic mass is 35.5. The molecule has 1 heterocycles. The van der Waals surface area contributed by atoms with E-state index < -0.39 is 0 Å². The van der Waals surface area contributed by atoms with Crippen LogP contribution in [-0.2, 0) is 4.74 Å². The Kier molecular flexibility index (Phi) is 4.87. The van der Waals surface area contributed by atoms with Gasteiger partial charge in [-0.2, -0.15) is 0 Å². The fourth-order valence-corrected chi connectivity index (χ4v) is 2.14. The van der Waals surface area contributed by atoms with Gasteiger partial charge in [0.05, 0.1) is 18.7 Å². The fourth-order valence-electron chi connectivity index (χ4n) is 1.89. The Balaban J connectivity index is 1.92. The van der Waals surface area contributed by atoms with Gasteiger partial charge in [0.2, 0.25) is 0 Å². The predicted octanol–water partition coefficient (Wildman–Crippen LogP) is 2.11. The predicted molar refractivity (Wildman–Crippen MR) is 77.0 cm³/mol. The van der Waals surface area contributed by atoms with Crippen LogP contribution in [0, 0.1) is 5.92 Å². The van der Waals surface area contributed by atoms with Crippen LogP contribution in [0.15, 0.2) is 23.2 Å². The minimum atomic E-state index is 0.383. The van der Waals surface area contributed by atoms with Gasteiger partial charge in [0.25, 0.3) is 0 Å². The summed E-state index contributed by atoms with van der Waals surface area (Å²) in [7, 11) is 1.58. The summed E-state index contributed by atoms with van der Waals surface area (Å²) in [5.74, 6) is 1.48. The molecule has 1 fully saturated rings. The van der Waals surface area contributed by atoms with E-state index in [0.29, 0.717) is 29.2 Å². The summed E-state index contributed by atoms with van der Waals surface area (Å²) in [6, 6.07) is 5.37. The second-order valence-electron chi connectivity index (χ2n) is 4.43. The van der Waals surface area contributed by atoms with E-state index in [1.807, 2.05) is 6.07 Å². The lowest BCUT2D eigenvalue weighted by Gasteiger charge is -2.09. The molecular formula is C13H18ClN3O2. The summed E-state index contributed by atoms with van der Waals surface area (Å²) >= 11 is 6.03. The SMILES string of the molecule is COc1ccc(NC(N)=NCC2CCOC2)cc1Cl. The monoisotopic (exact) mass is 283 g/mol. The van der Waals surface area contributed by atoms with E-state index in [-0.39, 0.29) is 0 Å². The summed E-state index contributed by atoms with van der Waals surface area (Å²) in [5, 5.41) is 3.54. The molecule has 1 aromatic rings. The first-order valence-electron chi connectivity index (χ1n) is 6.17. The molecule has 3 N–H and O–H groups in total. The third kappa shape index (κ3) is 4.01. The molecule has 1 atom stereocenters. The highest BCUT2D eigenvalue weighted by Gasteiger charge is 2.14. The van der Waals surface area contributed by atoms with Crippen molar-refractivity contribution in [2.24, 2.45) is 16.6 Å². The van der Waals surface area contributed by atoms with Crippen LogP contribution in [-0.4, -0.2) is 32.8 Å². The Bertz CT molecular complexity index is 459. The van der Waals surface area contributed by atoms with Gasteiger partial charge in [-0.05, 0) is 24.6 Å². The third-order valence-corrected chi connectivity index (χ3v) is 3.26. The van der Waals surface area contributed by atoms with Gasteiger partial charge in [-0.25, -0.2) is 0 Å². The van der Waals surface area contributed by atoms with Crippen LogP contribution in [0.4, 0.5) is 5.69 Å². The number of nitrogens with one attached hydrogen (secondary N) is 1. The summed E-state index contributed by atoms with van der Waals surface area (Å²) in [6.07, 6.45) is 1.05. The summed E-state index contributed by atoms with van der Waals surface area (Å²) < 4.78 is 10.4. The maximum absolute atomic E-state index is 6.03. The van der Waals surface area contributed by atoms with Crippen molar-refractivity contribution in [3.63, 3.8) is 0 Å². The molecular weight excluding hydrogens is 266 g/mol. The molecule has 0 amide bonds. The lowest BCUT2D eigenvalue weighted by atomic mass is 10.1. The Hall–Kier alpha value is -1.46. The highest BCUT2D eigenvalue weighted by Crippen LogP contribution is 2.27. The van der Waals surface area contributed by atoms with Gasteiger partial charge in [-0.3, -0.25) is 4.99 Å². The Morgan fingerprint density at radius 2 is 2.47 bits per heavy atom. The van der Waals surface area contributed by atoms with E-state index in [4.69, 9.17) is 26.8 Å². The van der Waals surface area contributed by atoms with Gasteiger partial charge in [0, 0.05) is 24.8 Å². The first-order valence-corrected chi connectivity index (χ1v) is 6.55. The van der Waals surface area contributed by atoms with E-state index in [1.165, 1.54) is 0 Å². The van der Waals surface area contributed by atoms with Gasteiger partial charge in [0.15, 0.2) is 5.96 Å². The standard InChI is InChI=1S/C13H18ClN3O2/c1-18-12-3-2-10(6-11(12)14)17-13(15)16-7-9-4-5-19-8-9/h2-3,6,9H,4-5,7-8H2,1H3,(H3,15,16,17). The lowest BCUT2D eigenvalue weighted by molar-refractivity contribution is 0.187. The van der Waals surface area contributed by atoms with Crippen LogP contribution >= 0.6 is 11.6 Å². The quantitative estimate of drug-likeness (QED) is 0.656. The number of nitrogens with zero attached hydrogens (tertiary/aromatic N) is 1. The molecule has 1 aliphatic heterocycles. The molecule has 0 radical (unpaired) electrons. The van der Waals surface area contributed by atoms with Crippen molar-refractivity contribution in [1.29, 1.82) is 0 Å². The van der Waals surface area contributed by atoms with Crippen LogP contribution < -0.4 is 15.8 Å². The number of rotatable bonds is 4. The van der Waals surface area contributed by atoms with Crippen LogP contribution in [0.2, 0.25) is 5.02 Å². The number of anilines is 1. The van der Waals surface area contributed by atoms with Crippen molar-refractivity contribution in [2.45, 2.75) is 6.42 Å². The largest absolute Gasteiger partial charge is 0.495 e. The Morgan fingerprint density at radius 3 is 3.11 bits per heavy atom. The molecule has 6 heteroatoms. The second-order valence-corrected chi connectivity index (χ2v) is 4.84. The minimum absolute atomic E-state index is 0.383. The van der Waals surface area contributed by atoms with E-state index in [0.717, 1.165) is 25.3 Å².